The van der Waals surface area contributed by atoms with Gasteiger partial charge in [-0.25, -0.2) is 5.43 Å². The maximum absolute atomic E-state index is 12.5. The maximum atomic E-state index is 12.5. The molecule has 9 heteroatoms. The molecule has 1 amide bonds. The van der Waals surface area contributed by atoms with Crippen molar-refractivity contribution in [3.05, 3.63) is 74.2 Å². The molecule has 2 N–H and O–H groups in total. The number of methoxy groups -OCH3 is 1. The van der Waals surface area contributed by atoms with Crippen LogP contribution in [0.4, 0.5) is 5.69 Å². The molecule has 0 bridgehead atoms. The summed E-state index contributed by atoms with van der Waals surface area (Å²) < 4.78 is 5.43. The Hall–Kier alpha value is -3.46. The van der Waals surface area contributed by atoms with Crippen LogP contribution < -0.4 is 10.2 Å². The highest BCUT2D eigenvalue weighted by Crippen LogP contribution is 2.31. The fourth-order valence-corrected chi connectivity index (χ4v) is 3.06. The van der Waals surface area contributed by atoms with E-state index < -0.39 is 10.8 Å². The number of carbonyl (C=O) groups excluding carboxylic acids is 1. The van der Waals surface area contributed by atoms with E-state index in [1.54, 1.807) is 12.1 Å². The summed E-state index contributed by atoms with van der Waals surface area (Å²) in [6.07, 6.45) is 1.12. The molecule has 3 aromatic rings. The first-order chi connectivity index (χ1) is 13.4. The molecule has 0 saturated carbocycles. The molecule has 3 rings (SSSR count). The molecule has 0 fully saturated rings. The van der Waals surface area contributed by atoms with Crippen LogP contribution in [-0.4, -0.2) is 29.3 Å². The smallest absolute Gasteiger partial charge is 0.275 e. The van der Waals surface area contributed by atoms with Crippen LogP contribution in [0.1, 0.15) is 15.9 Å². The zero-order valence-corrected chi connectivity index (χ0v) is 16.1. The predicted octanol–water partition coefficient (Wildman–Crippen LogP) is 3.99. The summed E-state index contributed by atoms with van der Waals surface area (Å²) in [6, 6.07) is 13.3. The summed E-state index contributed by atoms with van der Waals surface area (Å²) in [7, 11) is 1.46. The van der Waals surface area contributed by atoms with Crippen molar-refractivity contribution in [1.29, 1.82) is 0 Å². The standard InChI is InChI=1S/C19H14BrN3O5/c1-28-17-8-12-5-3-2-4-11(12)7-15(17)19(25)22-21-10-13-6-14(23(26)27)9-16(20)18(13)24/h2-10,24H,1H3,(H,22,25)/b21-10-. The number of nitro benzene ring substituents is 1. The molecule has 8 nitrogen and oxygen atoms in total. The monoisotopic (exact) mass is 443 g/mol. The van der Waals surface area contributed by atoms with Crippen LogP contribution in [0.2, 0.25) is 0 Å². The van der Waals surface area contributed by atoms with Crippen LogP contribution in [0.25, 0.3) is 10.8 Å². The number of rotatable bonds is 5. The molecule has 0 heterocycles. The van der Waals surface area contributed by atoms with Crippen LogP contribution in [-0.2, 0) is 0 Å². The number of benzene rings is 3. The Morgan fingerprint density at radius 1 is 1.25 bits per heavy atom. The number of amides is 1. The molecule has 3 aromatic carbocycles. The topological polar surface area (TPSA) is 114 Å². The van der Waals surface area contributed by atoms with E-state index in [0.29, 0.717) is 5.75 Å². The second-order valence-corrected chi connectivity index (χ2v) is 6.58. The lowest BCUT2D eigenvalue weighted by Gasteiger charge is -2.09. The first-order valence-electron chi connectivity index (χ1n) is 7.98. The minimum Gasteiger partial charge on any atom is -0.506 e. The lowest BCUT2D eigenvalue weighted by atomic mass is 10.1. The zero-order chi connectivity index (χ0) is 20.3. The summed E-state index contributed by atoms with van der Waals surface area (Å²) in [5.74, 6) is -0.373. The number of phenolic OH excluding ortho intramolecular Hbond substituents is 1. The van der Waals surface area contributed by atoms with E-state index in [0.717, 1.165) is 23.1 Å². The van der Waals surface area contributed by atoms with Crippen LogP contribution in [0, 0.1) is 10.1 Å². The number of aromatic hydroxyl groups is 1. The van der Waals surface area contributed by atoms with E-state index in [1.807, 2.05) is 24.3 Å². The van der Waals surface area contributed by atoms with Crippen molar-refractivity contribution in [2.24, 2.45) is 5.10 Å². The number of non-ortho nitro benzene ring substituents is 1. The highest BCUT2D eigenvalue weighted by Gasteiger charge is 2.15. The van der Waals surface area contributed by atoms with Crippen molar-refractivity contribution in [1.82, 2.24) is 5.43 Å². The summed E-state index contributed by atoms with van der Waals surface area (Å²) in [4.78, 5) is 22.8. The molecule has 0 aromatic heterocycles. The molecule has 0 aliphatic heterocycles. The lowest BCUT2D eigenvalue weighted by Crippen LogP contribution is -2.18. The highest BCUT2D eigenvalue weighted by atomic mass is 79.9. The predicted molar refractivity (Wildman–Crippen MR) is 108 cm³/mol. The van der Waals surface area contributed by atoms with Crippen molar-refractivity contribution in [3.8, 4) is 11.5 Å². The molecular weight excluding hydrogens is 430 g/mol. The van der Waals surface area contributed by atoms with Crippen molar-refractivity contribution in [2.75, 3.05) is 7.11 Å². The molecule has 0 aliphatic carbocycles. The van der Waals surface area contributed by atoms with E-state index in [-0.39, 0.29) is 27.0 Å². The molecule has 0 aliphatic rings. The number of nitrogens with one attached hydrogen (secondary N) is 1. The van der Waals surface area contributed by atoms with Gasteiger partial charge < -0.3 is 9.84 Å². The van der Waals surface area contributed by atoms with Crippen LogP contribution in [0.5, 0.6) is 11.5 Å². The number of ether oxygens (including phenoxy) is 1. The third-order valence-corrected chi connectivity index (χ3v) is 4.58. The highest BCUT2D eigenvalue weighted by molar-refractivity contribution is 9.10. The Morgan fingerprint density at radius 2 is 1.93 bits per heavy atom. The van der Waals surface area contributed by atoms with Gasteiger partial charge in [0.1, 0.15) is 11.5 Å². The number of hydrogen-bond donors (Lipinski definition) is 2. The van der Waals surface area contributed by atoms with E-state index in [2.05, 4.69) is 26.5 Å². The molecule has 0 saturated heterocycles. The summed E-state index contributed by atoms with van der Waals surface area (Å²) in [5, 5.41) is 26.5. The van der Waals surface area contributed by atoms with Crippen LogP contribution >= 0.6 is 15.9 Å². The van der Waals surface area contributed by atoms with E-state index >= 15 is 0 Å². The Bertz CT molecular complexity index is 1110. The average Bonchev–Trinajstić information content (AvgIpc) is 2.69. The molecule has 28 heavy (non-hydrogen) atoms. The molecule has 0 radical (unpaired) electrons. The number of nitro groups is 1. The molecule has 0 spiro atoms. The van der Waals surface area contributed by atoms with Crippen LogP contribution in [0.3, 0.4) is 0 Å². The molecular formula is C19H14BrN3O5. The number of carbonyl (C=O) groups is 1. The third-order valence-electron chi connectivity index (χ3n) is 3.97. The van der Waals surface area contributed by atoms with E-state index in [9.17, 15) is 20.0 Å². The molecule has 142 valence electrons. The van der Waals surface area contributed by atoms with E-state index in [4.69, 9.17) is 4.74 Å². The fourth-order valence-electron chi connectivity index (χ4n) is 2.60. The van der Waals surface area contributed by atoms with Gasteiger partial charge in [0.05, 0.1) is 28.3 Å². The number of halogens is 1. The summed E-state index contributed by atoms with van der Waals surface area (Å²) in [5.41, 5.74) is 2.46. The van der Waals surface area contributed by atoms with Gasteiger partial charge in [-0.2, -0.15) is 5.10 Å². The molecule has 0 atom stereocenters. The summed E-state index contributed by atoms with van der Waals surface area (Å²) >= 11 is 3.04. The Labute approximate surface area is 167 Å². The van der Waals surface area contributed by atoms with Gasteiger partial charge in [-0.3, -0.25) is 14.9 Å². The van der Waals surface area contributed by atoms with Crippen LogP contribution in [0.15, 0.2) is 58.1 Å². The maximum Gasteiger partial charge on any atom is 0.275 e. The van der Waals surface area contributed by atoms with E-state index in [1.165, 1.54) is 13.2 Å². The number of fused-ring (bicyclic) bond motifs is 1. The Morgan fingerprint density at radius 3 is 2.57 bits per heavy atom. The van der Waals surface area contributed by atoms with Gasteiger partial charge in [0.2, 0.25) is 0 Å². The second kappa shape index (κ2) is 8.05. The fraction of sp³-hybridized carbons (Fsp3) is 0.0526. The van der Waals surface area contributed by atoms with Gasteiger partial charge in [-0.15, -0.1) is 0 Å². The minimum absolute atomic E-state index is 0.0758. The first-order valence-corrected chi connectivity index (χ1v) is 8.77. The number of phenols is 1. The Balaban J connectivity index is 1.86. The average molecular weight is 444 g/mol. The molecule has 0 unspecified atom stereocenters. The van der Waals surface area contributed by atoms with Crippen molar-refractivity contribution >= 4 is 44.5 Å². The summed E-state index contributed by atoms with van der Waals surface area (Å²) in [6.45, 7) is 0. The number of hydrogen-bond acceptors (Lipinski definition) is 6. The largest absolute Gasteiger partial charge is 0.506 e. The lowest BCUT2D eigenvalue weighted by molar-refractivity contribution is -0.385. The van der Waals surface area contributed by atoms with Gasteiger partial charge >= 0.3 is 0 Å². The zero-order valence-electron chi connectivity index (χ0n) is 14.5. The SMILES string of the molecule is COc1cc2ccccc2cc1C(=O)N/N=C\c1cc([N+](=O)[O-])cc(Br)c1O. The third kappa shape index (κ3) is 3.94. The minimum atomic E-state index is -0.597. The van der Waals surface area contributed by atoms with Gasteiger partial charge in [0.25, 0.3) is 11.6 Å². The second-order valence-electron chi connectivity index (χ2n) is 5.72. The normalized spacial score (nSPS) is 10.9. The van der Waals surface area contributed by atoms with Crippen molar-refractivity contribution in [2.45, 2.75) is 0 Å². The van der Waals surface area contributed by atoms with Crippen molar-refractivity contribution < 1.29 is 19.6 Å². The quantitative estimate of drug-likeness (QED) is 0.351. The number of hydrazone groups is 1. The number of nitrogens with zero attached hydrogens (tertiary/aromatic N) is 2. The van der Waals surface area contributed by atoms with Gasteiger partial charge in [0.15, 0.2) is 0 Å². The first kappa shape index (κ1) is 19.3. The van der Waals surface area contributed by atoms with Gasteiger partial charge in [0, 0.05) is 17.7 Å². The van der Waals surface area contributed by atoms with Gasteiger partial charge in [-0.1, -0.05) is 24.3 Å². The van der Waals surface area contributed by atoms with Gasteiger partial charge in [-0.05, 0) is 38.8 Å². The Kier molecular flexibility index (Phi) is 5.55. The van der Waals surface area contributed by atoms with Crippen molar-refractivity contribution in [3.63, 3.8) is 0 Å².